The van der Waals surface area contributed by atoms with Crippen LogP contribution >= 0.6 is 0 Å². The lowest BCUT2D eigenvalue weighted by Gasteiger charge is -2.36. The van der Waals surface area contributed by atoms with E-state index in [1.165, 1.54) is 12.1 Å². The van der Waals surface area contributed by atoms with Crippen molar-refractivity contribution in [2.75, 3.05) is 36.4 Å². The van der Waals surface area contributed by atoms with Crippen LogP contribution in [0.1, 0.15) is 26.3 Å². The number of alkyl halides is 3. The molecule has 3 rings (SSSR count). The first kappa shape index (κ1) is 24.9. The summed E-state index contributed by atoms with van der Waals surface area (Å²) in [6.07, 6.45) is -2.73. The predicted octanol–water partition coefficient (Wildman–Crippen LogP) is 5.84. The first-order valence-corrected chi connectivity index (χ1v) is 13.8. The third-order valence-electron chi connectivity index (χ3n) is 6.28. The van der Waals surface area contributed by atoms with Crippen molar-refractivity contribution >= 4 is 25.9 Å². The van der Waals surface area contributed by atoms with Crippen LogP contribution in [0.3, 0.4) is 0 Å². The van der Waals surface area contributed by atoms with Gasteiger partial charge in [0.1, 0.15) is 11.6 Å². The number of carbonyl (C=O) groups is 1. The Kier molecular flexibility index (Phi) is 6.97. The Hall–Kier alpha value is -2.75. The van der Waals surface area contributed by atoms with Gasteiger partial charge in [0.2, 0.25) is 0 Å². The van der Waals surface area contributed by atoms with E-state index < -0.39 is 20.1 Å². The van der Waals surface area contributed by atoms with Gasteiger partial charge in [-0.15, -0.1) is 0 Å². The summed E-state index contributed by atoms with van der Waals surface area (Å²) in [4.78, 5) is 20.6. The summed E-state index contributed by atoms with van der Waals surface area (Å²) in [5.74, 6) is 1.12. The number of piperazine rings is 1. The first-order valence-electron chi connectivity index (χ1n) is 10.9. The van der Waals surface area contributed by atoms with Crippen LogP contribution in [0.15, 0.2) is 42.6 Å². The van der Waals surface area contributed by atoms with Gasteiger partial charge in [-0.05, 0) is 54.5 Å². The van der Waals surface area contributed by atoms with Crippen molar-refractivity contribution in [1.29, 1.82) is 0 Å². The second kappa shape index (κ2) is 9.24. The number of nitrogens with one attached hydrogen (secondary N) is 1. The fourth-order valence-corrected chi connectivity index (χ4v) is 4.20. The quantitative estimate of drug-likeness (QED) is 0.559. The number of pyridine rings is 1. The molecule has 10 heteroatoms. The Bertz CT molecular complexity index is 950. The van der Waals surface area contributed by atoms with Crippen LogP contribution < -0.4 is 14.6 Å². The van der Waals surface area contributed by atoms with Gasteiger partial charge in [0, 0.05) is 31.9 Å². The Morgan fingerprint density at radius 3 is 2.09 bits per heavy atom. The molecule has 0 bridgehead atoms. The van der Waals surface area contributed by atoms with Crippen molar-refractivity contribution in [1.82, 2.24) is 9.88 Å². The molecular weight excluding hydrogens is 449 g/mol. The highest BCUT2D eigenvalue weighted by Crippen LogP contribution is 2.37. The molecule has 0 saturated carbocycles. The average Bonchev–Trinajstić information content (AvgIpc) is 2.74. The van der Waals surface area contributed by atoms with E-state index >= 15 is 0 Å². The van der Waals surface area contributed by atoms with E-state index in [0.29, 0.717) is 43.4 Å². The third-order valence-corrected chi connectivity index (χ3v) is 10.6. The SMILES string of the molecule is CC(C)(C)[Si](C)(C)Oc1ccc(NC(=O)N2CCN(c3ccc(C(F)(F)F)cc3)CC2)nc1. The second-order valence-corrected chi connectivity index (χ2v) is 14.4. The summed E-state index contributed by atoms with van der Waals surface area (Å²) in [6, 6.07) is 8.38. The second-order valence-electron chi connectivity index (χ2n) is 9.69. The molecule has 0 spiro atoms. The number of amides is 2. The summed E-state index contributed by atoms with van der Waals surface area (Å²) in [7, 11) is -1.97. The zero-order chi connectivity index (χ0) is 24.4. The van der Waals surface area contributed by atoms with Gasteiger partial charge in [0.15, 0.2) is 0 Å². The molecule has 2 heterocycles. The molecule has 33 heavy (non-hydrogen) atoms. The molecule has 1 aliphatic heterocycles. The molecular formula is C23H31F3N4O2Si. The van der Waals surface area contributed by atoms with E-state index in [2.05, 4.69) is 44.2 Å². The maximum atomic E-state index is 12.7. The molecule has 1 N–H and O–H groups in total. The summed E-state index contributed by atoms with van der Waals surface area (Å²) in [5, 5.41) is 2.87. The largest absolute Gasteiger partial charge is 0.542 e. The van der Waals surface area contributed by atoms with Crippen molar-refractivity contribution in [2.24, 2.45) is 0 Å². The molecule has 0 radical (unpaired) electrons. The van der Waals surface area contributed by atoms with Gasteiger partial charge in [0.25, 0.3) is 8.32 Å². The summed E-state index contributed by atoms with van der Waals surface area (Å²) < 4.78 is 44.4. The van der Waals surface area contributed by atoms with Crippen molar-refractivity contribution in [2.45, 2.75) is 45.1 Å². The highest BCUT2D eigenvalue weighted by molar-refractivity contribution is 6.74. The molecule has 1 saturated heterocycles. The number of halogens is 3. The predicted molar refractivity (Wildman–Crippen MR) is 126 cm³/mol. The van der Waals surface area contributed by atoms with E-state index in [4.69, 9.17) is 4.43 Å². The number of aromatic nitrogens is 1. The van der Waals surface area contributed by atoms with Crippen LogP contribution in [-0.4, -0.2) is 50.4 Å². The van der Waals surface area contributed by atoms with Crippen LogP contribution in [0.4, 0.5) is 29.5 Å². The molecule has 0 atom stereocenters. The van der Waals surface area contributed by atoms with Crippen LogP contribution in [0.25, 0.3) is 0 Å². The smallest absolute Gasteiger partial charge is 0.416 e. The van der Waals surface area contributed by atoms with Crippen LogP contribution in [0, 0.1) is 0 Å². The molecule has 1 aliphatic rings. The monoisotopic (exact) mass is 480 g/mol. The summed E-state index contributed by atoms with van der Waals surface area (Å²) >= 11 is 0. The maximum absolute atomic E-state index is 12.7. The van der Waals surface area contributed by atoms with E-state index in [9.17, 15) is 18.0 Å². The van der Waals surface area contributed by atoms with E-state index in [1.54, 1.807) is 17.2 Å². The van der Waals surface area contributed by atoms with Crippen molar-refractivity contribution in [3.05, 3.63) is 48.2 Å². The van der Waals surface area contributed by atoms with Crippen LogP contribution in [0.2, 0.25) is 18.1 Å². The number of hydrogen-bond acceptors (Lipinski definition) is 4. The number of hydrogen-bond donors (Lipinski definition) is 1. The number of urea groups is 1. The summed E-state index contributed by atoms with van der Waals surface area (Å²) in [6.45, 7) is 12.8. The molecule has 180 valence electrons. The first-order chi connectivity index (χ1) is 15.3. The molecule has 0 aliphatic carbocycles. The Morgan fingerprint density at radius 1 is 1.00 bits per heavy atom. The van der Waals surface area contributed by atoms with Gasteiger partial charge in [-0.1, -0.05) is 20.8 Å². The van der Waals surface area contributed by atoms with Gasteiger partial charge in [0.05, 0.1) is 11.8 Å². The van der Waals surface area contributed by atoms with Crippen LogP contribution in [-0.2, 0) is 6.18 Å². The minimum absolute atomic E-state index is 0.0718. The van der Waals surface area contributed by atoms with Crippen LogP contribution in [0.5, 0.6) is 5.75 Å². The molecule has 1 aromatic heterocycles. The molecule has 2 aromatic rings. The fraction of sp³-hybridized carbons (Fsp3) is 0.478. The Morgan fingerprint density at radius 2 is 1.61 bits per heavy atom. The Balaban J connectivity index is 1.52. The molecule has 1 fully saturated rings. The lowest BCUT2D eigenvalue weighted by Crippen LogP contribution is -2.50. The van der Waals surface area contributed by atoms with Crippen molar-refractivity contribution in [3.8, 4) is 5.75 Å². The highest BCUT2D eigenvalue weighted by atomic mass is 28.4. The standard InChI is InChI=1S/C23H31F3N4O2Si/c1-22(2,3)33(4,5)32-19-10-11-20(27-16-19)28-21(31)30-14-12-29(13-15-30)18-8-6-17(7-9-18)23(24,25)26/h6-11,16H,12-15H2,1-5H3,(H,27,28,31). The fourth-order valence-electron chi connectivity index (χ4n) is 3.18. The summed E-state index contributed by atoms with van der Waals surface area (Å²) in [5.41, 5.74) is 0.0412. The van der Waals surface area contributed by atoms with Gasteiger partial charge in [-0.25, -0.2) is 9.78 Å². The normalized spacial score (nSPS) is 15.4. The van der Waals surface area contributed by atoms with E-state index in [-0.39, 0.29) is 11.1 Å². The highest BCUT2D eigenvalue weighted by Gasteiger charge is 2.39. The minimum atomic E-state index is -4.35. The third kappa shape index (κ3) is 6.19. The minimum Gasteiger partial charge on any atom is -0.542 e. The lowest BCUT2D eigenvalue weighted by molar-refractivity contribution is -0.137. The molecule has 0 unspecified atom stereocenters. The van der Waals surface area contributed by atoms with Gasteiger partial charge in [-0.3, -0.25) is 5.32 Å². The number of benzene rings is 1. The van der Waals surface area contributed by atoms with E-state index in [0.717, 1.165) is 12.1 Å². The van der Waals surface area contributed by atoms with Gasteiger partial charge >= 0.3 is 12.2 Å². The zero-order valence-electron chi connectivity index (χ0n) is 19.7. The lowest BCUT2D eigenvalue weighted by atomic mass is 10.1. The molecule has 6 nitrogen and oxygen atoms in total. The number of rotatable bonds is 4. The average molecular weight is 481 g/mol. The van der Waals surface area contributed by atoms with Gasteiger partial charge in [-0.2, -0.15) is 13.2 Å². The van der Waals surface area contributed by atoms with Crippen molar-refractivity contribution < 1.29 is 22.4 Å². The maximum Gasteiger partial charge on any atom is 0.416 e. The topological polar surface area (TPSA) is 57.7 Å². The number of nitrogens with zero attached hydrogens (tertiary/aromatic N) is 3. The van der Waals surface area contributed by atoms with Gasteiger partial charge < -0.3 is 14.2 Å². The molecule has 2 amide bonds. The molecule has 1 aromatic carbocycles. The number of carbonyl (C=O) groups excluding carboxylic acids is 1. The number of anilines is 2. The Labute approximate surface area is 193 Å². The van der Waals surface area contributed by atoms with E-state index in [1.807, 2.05) is 11.0 Å². The zero-order valence-corrected chi connectivity index (χ0v) is 20.7. The van der Waals surface area contributed by atoms with Crippen molar-refractivity contribution in [3.63, 3.8) is 0 Å².